The Kier molecular flexibility index (Phi) is 9.43. The molecule has 4 aliphatic rings. The highest BCUT2D eigenvalue weighted by atomic mass is 16.6. The molecular formula is C36H50N2O2. The van der Waals surface area contributed by atoms with Crippen molar-refractivity contribution in [2.24, 2.45) is 0 Å². The first-order chi connectivity index (χ1) is 19.7. The van der Waals surface area contributed by atoms with Crippen LogP contribution in [0.1, 0.15) is 143 Å². The summed E-state index contributed by atoms with van der Waals surface area (Å²) in [4.78, 5) is 12.7. The highest BCUT2D eigenvalue weighted by Crippen LogP contribution is 2.38. The minimum atomic E-state index is -0.232. The van der Waals surface area contributed by atoms with Crippen molar-refractivity contribution in [2.45, 2.75) is 139 Å². The highest BCUT2D eigenvalue weighted by molar-refractivity contribution is 5.67. The standard InChI is InChI=1S/C36H50N2O2/c39-36(38-32-14-8-3-9-15-32)40-33-24-34(37-25-33)35(30-20-16-28(17-21-30)26-10-4-1-5-11-26)31-22-18-29(19-23-31)27-12-6-2-7-13-27/h16-23,26-27,32-35,37H,1-15,24-25H2,(H,38,39)/t33-,34?/m1/s1. The van der Waals surface area contributed by atoms with Crippen LogP contribution in [0, 0.1) is 0 Å². The first-order valence-corrected chi connectivity index (χ1v) is 16.6. The molecule has 1 saturated heterocycles. The molecular weight excluding hydrogens is 492 g/mol. The average Bonchev–Trinajstić information content (AvgIpc) is 3.47. The molecule has 4 nitrogen and oxygen atoms in total. The van der Waals surface area contributed by atoms with E-state index in [1.165, 1.54) is 106 Å². The zero-order valence-electron chi connectivity index (χ0n) is 24.4. The predicted octanol–water partition coefficient (Wildman–Crippen LogP) is 8.70. The van der Waals surface area contributed by atoms with Gasteiger partial charge in [-0.05, 0) is 72.6 Å². The molecule has 2 N–H and O–H groups in total. The summed E-state index contributed by atoms with van der Waals surface area (Å²) in [6.45, 7) is 0.722. The Morgan fingerprint density at radius 3 is 1.65 bits per heavy atom. The van der Waals surface area contributed by atoms with Gasteiger partial charge < -0.3 is 15.4 Å². The van der Waals surface area contributed by atoms with Gasteiger partial charge in [-0.15, -0.1) is 0 Å². The summed E-state index contributed by atoms with van der Waals surface area (Å²) in [5.41, 5.74) is 5.76. The van der Waals surface area contributed by atoms with Gasteiger partial charge in [0.1, 0.15) is 6.10 Å². The van der Waals surface area contributed by atoms with Crippen LogP contribution in [0.4, 0.5) is 4.79 Å². The van der Waals surface area contributed by atoms with Crippen LogP contribution in [0.3, 0.4) is 0 Å². The number of amides is 1. The number of nitrogens with one attached hydrogen (secondary N) is 2. The van der Waals surface area contributed by atoms with Crippen LogP contribution >= 0.6 is 0 Å². The van der Waals surface area contributed by atoms with E-state index in [2.05, 4.69) is 59.2 Å². The van der Waals surface area contributed by atoms with Crippen molar-refractivity contribution in [2.75, 3.05) is 6.54 Å². The van der Waals surface area contributed by atoms with E-state index in [1.54, 1.807) is 0 Å². The molecule has 1 unspecified atom stereocenters. The summed E-state index contributed by atoms with van der Waals surface area (Å²) >= 11 is 0. The van der Waals surface area contributed by atoms with E-state index in [9.17, 15) is 4.79 Å². The van der Waals surface area contributed by atoms with E-state index >= 15 is 0 Å². The van der Waals surface area contributed by atoms with E-state index in [1.807, 2.05) is 0 Å². The minimum absolute atomic E-state index is 0.0842. The van der Waals surface area contributed by atoms with Crippen molar-refractivity contribution < 1.29 is 9.53 Å². The summed E-state index contributed by atoms with van der Waals surface area (Å²) in [5, 5.41) is 6.90. The summed E-state index contributed by atoms with van der Waals surface area (Å²) in [6, 6.07) is 19.7. The number of carbonyl (C=O) groups is 1. The Morgan fingerprint density at radius 1 is 0.675 bits per heavy atom. The van der Waals surface area contributed by atoms with E-state index in [0.29, 0.717) is 0 Å². The number of ether oxygens (including phenoxy) is 1. The second-order valence-corrected chi connectivity index (χ2v) is 13.2. The lowest BCUT2D eigenvalue weighted by molar-refractivity contribution is 0.101. The normalized spacial score (nSPS) is 25.2. The molecule has 3 saturated carbocycles. The van der Waals surface area contributed by atoms with Crippen molar-refractivity contribution in [1.29, 1.82) is 0 Å². The number of rotatable bonds is 7. The highest BCUT2D eigenvalue weighted by Gasteiger charge is 2.35. The number of alkyl carbamates (subject to hydrolysis) is 1. The SMILES string of the molecule is O=C(NC1CCCCC1)O[C@H]1CNC(C(c2ccc(C3CCCCC3)cc2)c2ccc(C3CCCCC3)cc2)C1. The smallest absolute Gasteiger partial charge is 0.407 e. The topological polar surface area (TPSA) is 50.4 Å². The number of benzene rings is 2. The second-order valence-electron chi connectivity index (χ2n) is 13.2. The first kappa shape index (κ1) is 27.8. The fourth-order valence-electron chi connectivity index (χ4n) is 8.16. The van der Waals surface area contributed by atoms with Gasteiger partial charge in [0.2, 0.25) is 0 Å². The molecule has 4 heteroatoms. The van der Waals surface area contributed by atoms with Crippen molar-refractivity contribution >= 4 is 6.09 Å². The van der Waals surface area contributed by atoms with Gasteiger partial charge >= 0.3 is 6.09 Å². The van der Waals surface area contributed by atoms with Gasteiger partial charge in [0.25, 0.3) is 0 Å². The van der Waals surface area contributed by atoms with Gasteiger partial charge in [0, 0.05) is 31.0 Å². The van der Waals surface area contributed by atoms with E-state index < -0.39 is 0 Å². The quantitative estimate of drug-likeness (QED) is 0.368. The zero-order valence-corrected chi connectivity index (χ0v) is 24.4. The summed E-state index contributed by atoms with van der Waals surface area (Å²) < 4.78 is 5.95. The minimum Gasteiger partial charge on any atom is -0.445 e. The molecule has 0 radical (unpaired) electrons. The van der Waals surface area contributed by atoms with Crippen molar-refractivity contribution in [1.82, 2.24) is 10.6 Å². The summed E-state index contributed by atoms with van der Waals surface area (Å²) in [6.07, 6.45) is 20.0. The molecule has 4 fully saturated rings. The van der Waals surface area contributed by atoms with Crippen LogP contribution in [0.25, 0.3) is 0 Å². The average molecular weight is 543 g/mol. The van der Waals surface area contributed by atoms with Crippen LogP contribution in [0.15, 0.2) is 48.5 Å². The van der Waals surface area contributed by atoms with Gasteiger partial charge in [0.05, 0.1) is 0 Å². The maximum Gasteiger partial charge on any atom is 0.407 e. The lowest BCUT2D eigenvalue weighted by Crippen LogP contribution is -2.38. The van der Waals surface area contributed by atoms with Gasteiger partial charge in [-0.25, -0.2) is 4.79 Å². The molecule has 6 rings (SSSR count). The molecule has 2 aromatic rings. The largest absolute Gasteiger partial charge is 0.445 e. The third-order valence-electron chi connectivity index (χ3n) is 10.5. The van der Waals surface area contributed by atoms with Gasteiger partial charge in [-0.2, -0.15) is 0 Å². The maximum absolute atomic E-state index is 12.7. The van der Waals surface area contributed by atoms with Gasteiger partial charge in [-0.3, -0.25) is 0 Å². The third-order valence-corrected chi connectivity index (χ3v) is 10.5. The number of hydrogen-bond donors (Lipinski definition) is 2. The van der Waals surface area contributed by atoms with Crippen LogP contribution in [0.5, 0.6) is 0 Å². The molecule has 0 aromatic heterocycles. The van der Waals surface area contributed by atoms with E-state index in [-0.39, 0.29) is 30.2 Å². The molecule has 216 valence electrons. The molecule has 0 bridgehead atoms. The van der Waals surface area contributed by atoms with Crippen LogP contribution in [0.2, 0.25) is 0 Å². The van der Waals surface area contributed by atoms with Crippen LogP contribution < -0.4 is 10.6 Å². The lowest BCUT2D eigenvalue weighted by Gasteiger charge is -2.28. The van der Waals surface area contributed by atoms with Gasteiger partial charge in [-0.1, -0.05) is 106 Å². The van der Waals surface area contributed by atoms with Crippen molar-refractivity contribution in [3.8, 4) is 0 Å². The molecule has 3 aliphatic carbocycles. The molecule has 0 spiro atoms. The van der Waals surface area contributed by atoms with E-state index in [0.717, 1.165) is 37.6 Å². The number of hydrogen-bond acceptors (Lipinski definition) is 3. The predicted molar refractivity (Wildman–Crippen MR) is 163 cm³/mol. The van der Waals surface area contributed by atoms with Crippen molar-refractivity contribution in [3.05, 3.63) is 70.8 Å². The van der Waals surface area contributed by atoms with Gasteiger partial charge in [0.15, 0.2) is 0 Å². The Morgan fingerprint density at radius 2 is 1.15 bits per heavy atom. The Bertz CT molecular complexity index is 1000. The molecule has 1 amide bonds. The Balaban J connectivity index is 1.17. The zero-order chi connectivity index (χ0) is 27.1. The van der Waals surface area contributed by atoms with Crippen LogP contribution in [-0.2, 0) is 4.74 Å². The number of carbonyl (C=O) groups excluding carboxylic acids is 1. The Hall–Kier alpha value is -2.33. The molecule has 2 atom stereocenters. The van der Waals surface area contributed by atoms with E-state index in [4.69, 9.17) is 4.74 Å². The second kappa shape index (κ2) is 13.6. The maximum atomic E-state index is 12.7. The fraction of sp³-hybridized carbons (Fsp3) is 0.639. The summed E-state index contributed by atoms with van der Waals surface area (Å²) in [7, 11) is 0. The van der Waals surface area contributed by atoms with Crippen LogP contribution in [-0.4, -0.2) is 30.8 Å². The monoisotopic (exact) mass is 542 g/mol. The lowest BCUT2D eigenvalue weighted by atomic mass is 9.79. The van der Waals surface area contributed by atoms with Crippen molar-refractivity contribution in [3.63, 3.8) is 0 Å². The fourth-order valence-corrected chi connectivity index (χ4v) is 8.16. The first-order valence-electron chi connectivity index (χ1n) is 16.6. The molecule has 2 aromatic carbocycles. The Labute approximate surface area is 242 Å². The third kappa shape index (κ3) is 6.93. The summed E-state index contributed by atoms with van der Waals surface area (Å²) in [5.74, 6) is 1.69. The molecule has 1 heterocycles. The molecule has 1 aliphatic heterocycles. The molecule has 40 heavy (non-hydrogen) atoms.